The van der Waals surface area contributed by atoms with E-state index in [4.69, 9.17) is 0 Å². The lowest BCUT2D eigenvalue weighted by molar-refractivity contribution is -0.271. The second kappa shape index (κ2) is 7.46. The fourth-order valence-electron chi connectivity index (χ4n) is 2.62. The van der Waals surface area contributed by atoms with Gasteiger partial charge in [0, 0.05) is 6.81 Å². The van der Waals surface area contributed by atoms with Gasteiger partial charge in [-0.15, -0.1) is 5.11 Å². The quantitative estimate of drug-likeness (QED) is 0.384. The molecule has 11 nitrogen and oxygen atoms in total. The number of azo groups is 1. The Hall–Kier alpha value is -3.39. The summed E-state index contributed by atoms with van der Waals surface area (Å²) in [6.45, 7) is 0. The molecule has 0 saturated carbocycles. The Morgan fingerprint density at radius 3 is 2.20 bits per heavy atom. The number of aromatic carboxylic acids is 1. The molecule has 3 aromatic rings. The predicted octanol–water partition coefficient (Wildman–Crippen LogP) is 2.77. The van der Waals surface area contributed by atoms with Crippen LogP contribution in [-0.4, -0.2) is 37.0 Å². The van der Waals surface area contributed by atoms with Gasteiger partial charge in [-0.2, -0.15) is 21.9 Å². The Kier molecular flexibility index (Phi) is 5.30. The van der Waals surface area contributed by atoms with Gasteiger partial charge >= 0.3 is 5.97 Å². The van der Waals surface area contributed by atoms with E-state index in [0.29, 0.717) is 0 Å². The van der Waals surface area contributed by atoms with Crippen LogP contribution in [0.2, 0.25) is 0 Å². The molecule has 0 aliphatic heterocycles. The summed E-state index contributed by atoms with van der Waals surface area (Å²) >= 11 is 0. The summed E-state index contributed by atoms with van der Waals surface area (Å²) in [5, 5.41) is 28.9. The fourth-order valence-corrected chi connectivity index (χ4v) is 3.74. The van der Waals surface area contributed by atoms with E-state index in [-0.39, 0.29) is 23.4 Å². The van der Waals surface area contributed by atoms with E-state index in [9.17, 15) is 40.9 Å². The van der Waals surface area contributed by atoms with Gasteiger partial charge in [0.1, 0.15) is 5.69 Å². The predicted molar refractivity (Wildman–Crippen MR) is 103 cm³/mol. The molecule has 13 heteroatoms. The van der Waals surface area contributed by atoms with Crippen LogP contribution in [-0.2, 0) is 20.2 Å². The van der Waals surface area contributed by atoms with Gasteiger partial charge in [0.25, 0.3) is 20.2 Å². The first-order chi connectivity index (χ1) is 13.9. The van der Waals surface area contributed by atoms with Crippen molar-refractivity contribution in [1.82, 2.24) is 0 Å². The number of carboxylic acids is 1. The van der Waals surface area contributed by atoms with E-state index in [1.54, 1.807) is 0 Å². The maximum absolute atomic E-state index is 12.6. The van der Waals surface area contributed by atoms with Crippen molar-refractivity contribution in [2.45, 2.75) is 9.79 Å². The standard InChI is InChI=1S/C17H12N2O9S2.H2/c20-16-14(30(26,27)28)8-9-7-10(29(23,24)25)5-6-11(9)15(16)19-18-13-4-2-1-3-12(13)17(21)22;/h1-8,20H,(H,21,22)(H,23,24,25)(H,26,27,28);1H/p-1. The Bertz CT molecular complexity index is 1440. The Labute approximate surface area is 170 Å². The molecule has 0 radical (unpaired) electrons. The van der Waals surface area contributed by atoms with E-state index < -0.39 is 47.4 Å². The Morgan fingerprint density at radius 1 is 0.933 bits per heavy atom. The summed E-state index contributed by atoms with van der Waals surface area (Å²) in [5.74, 6) is -2.55. The number of rotatable bonds is 5. The zero-order chi connectivity index (χ0) is 22.3. The molecule has 0 heterocycles. The average Bonchev–Trinajstić information content (AvgIpc) is 2.65. The normalized spacial score (nSPS) is 12.5. The molecule has 30 heavy (non-hydrogen) atoms. The summed E-state index contributed by atoms with van der Waals surface area (Å²) in [4.78, 5) is 9.59. The van der Waals surface area contributed by atoms with Gasteiger partial charge in [-0.1, -0.05) is 23.9 Å². The third-order valence-electron chi connectivity index (χ3n) is 3.97. The van der Waals surface area contributed by atoms with Gasteiger partial charge in [-0.05, 0) is 35.7 Å². The second-order valence-corrected chi connectivity index (χ2v) is 8.72. The van der Waals surface area contributed by atoms with Gasteiger partial charge in [0.05, 0.1) is 21.0 Å². The molecule has 0 unspecified atom stereocenters. The third-order valence-corrected chi connectivity index (χ3v) is 5.68. The summed E-state index contributed by atoms with van der Waals surface area (Å²) in [7, 11) is -9.67. The van der Waals surface area contributed by atoms with Crippen molar-refractivity contribution < 1.29 is 42.4 Å². The Morgan fingerprint density at radius 2 is 1.60 bits per heavy atom. The molecule has 0 saturated heterocycles. The molecular formula is C17H13N2O9S2-. The first kappa shape index (κ1) is 21.3. The summed E-state index contributed by atoms with van der Waals surface area (Å²) in [5.41, 5.74) is -0.954. The highest BCUT2D eigenvalue weighted by Gasteiger charge is 2.19. The van der Waals surface area contributed by atoms with E-state index in [2.05, 4.69) is 10.2 Å². The van der Waals surface area contributed by atoms with E-state index >= 15 is 0 Å². The van der Waals surface area contributed by atoms with Crippen molar-refractivity contribution in [2.24, 2.45) is 10.2 Å². The smallest absolute Gasteiger partial charge is 0.337 e. The number of carbonyl (C=O) groups is 1. The first-order valence-electron chi connectivity index (χ1n) is 7.86. The number of carboxylic acid groups (broad SMARTS) is 1. The van der Waals surface area contributed by atoms with Gasteiger partial charge in [0.15, 0.2) is 0 Å². The minimum absolute atomic E-state index is 0. The van der Waals surface area contributed by atoms with Crippen LogP contribution in [0.5, 0.6) is 5.75 Å². The number of hydrogen-bond donors (Lipinski definition) is 3. The number of fused-ring (bicyclic) bond motifs is 1. The molecule has 3 rings (SSSR count). The van der Waals surface area contributed by atoms with Crippen molar-refractivity contribution in [2.75, 3.05) is 0 Å². The van der Waals surface area contributed by atoms with Gasteiger partial charge in [-0.25, -0.2) is 4.79 Å². The molecule has 0 amide bonds. The van der Waals surface area contributed by atoms with Crippen LogP contribution in [0.4, 0.5) is 11.4 Å². The van der Waals surface area contributed by atoms with Crippen molar-refractivity contribution >= 4 is 48.4 Å². The monoisotopic (exact) mass is 453 g/mol. The van der Waals surface area contributed by atoms with Crippen LogP contribution in [0.25, 0.3) is 10.8 Å². The third kappa shape index (κ3) is 4.13. The molecule has 3 N–H and O–H groups in total. The molecule has 0 aliphatic rings. The minimum atomic E-state index is -5.02. The van der Waals surface area contributed by atoms with Crippen LogP contribution in [0.15, 0.2) is 68.6 Å². The zero-order valence-corrected chi connectivity index (χ0v) is 16.3. The first-order valence-corrected chi connectivity index (χ1v) is 10.7. The van der Waals surface area contributed by atoms with Crippen molar-refractivity contribution in [3.63, 3.8) is 0 Å². The highest BCUT2D eigenvalue weighted by atomic mass is 32.2. The van der Waals surface area contributed by atoms with E-state index in [1.165, 1.54) is 24.3 Å². The van der Waals surface area contributed by atoms with Crippen LogP contribution in [0, 0.1) is 0 Å². The molecule has 0 atom stereocenters. The van der Waals surface area contributed by atoms with E-state index in [1.807, 2.05) is 0 Å². The highest BCUT2D eigenvalue weighted by Crippen LogP contribution is 2.40. The fraction of sp³-hybridized carbons (Fsp3) is 0. The van der Waals surface area contributed by atoms with Gasteiger partial charge in [-0.3, -0.25) is 9.11 Å². The van der Waals surface area contributed by atoms with Crippen LogP contribution in [0.3, 0.4) is 0 Å². The molecule has 158 valence electrons. The van der Waals surface area contributed by atoms with Crippen LogP contribution >= 0.6 is 0 Å². The summed E-state index contributed by atoms with van der Waals surface area (Å²) in [6, 6.07) is 9.08. The van der Waals surface area contributed by atoms with E-state index in [0.717, 1.165) is 24.3 Å². The number of benzene rings is 3. The SMILES string of the molecule is O=C(O)c1ccccc1N=Nc1c([O-])c(S(=O)(=O)O)cc2cc(S(=O)(=O)O)ccc12.[HH]. The van der Waals surface area contributed by atoms with Crippen LogP contribution < -0.4 is 5.11 Å². The van der Waals surface area contributed by atoms with Crippen molar-refractivity contribution in [1.29, 1.82) is 0 Å². The second-order valence-electron chi connectivity index (χ2n) is 5.91. The molecule has 3 aromatic carbocycles. The minimum Gasteiger partial charge on any atom is -0.870 e. The maximum Gasteiger partial charge on any atom is 0.337 e. The van der Waals surface area contributed by atoms with Crippen molar-refractivity contribution in [3.05, 3.63) is 54.1 Å². The summed E-state index contributed by atoms with van der Waals surface area (Å²) in [6.07, 6.45) is 0. The molecule has 0 fully saturated rings. The lowest BCUT2D eigenvalue weighted by Crippen LogP contribution is -2.05. The zero-order valence-electron chi connectivity index (χ0n) is 14.6. The molecule has 0 spiro atoms. The van der Waals surface area contributed by atoms with Gasteiger partial charge < -0.3 is 10.2 Å². The lowest BCUT2D eigenvalue weighted by atomic mass is 10.1. The maximum atomic E-state index is 12.6. The highest BCUT2D eigenvalue weighted by molar-refractivity contribution is 7.86. The van der Waals surface area contributed by atoms with Crippen molar-refractivity contribution in [3.8, 4) is 5.75 Å². The lowest BCUT2D eigenvalue weighted by Gasteiger charge is -2.16. The average molecular weight is 453 g/mol. The number of hydrogen-bond acceptors (Lipinski definition) is 8. The van der Waals surface area contributed by atoms with Crippen LogP contribution in [0.1, 0.15) is 11.8 Å². The topological polar surface area (TPSA) is 194 Å². The molecule has 0 bridgehead atoms. The largest absolute Gasteiger partial charge is 0.870 e. The number of nitrogens with zero attached hydrogens (tertiary/aromatic N) is 2. The molecule has 0 aromatic heterocycles. The molecular weight excluding hydrogens is 440 g/mol. The summed E-state index contributed by atoms with van der Waals surface area (Å²) < 4.78 is 64.4. The molecule has 0 aliphatic carbocycles. The van der Waals surface area contributed by atoms with Gasteiger partial charge in [0.2, 0.25) is 0 Å². The Balaban J connectivity index is 0.00000341.